The maximum Gasteiger partial charge on any atom is 0.339 e. The zero-order valence-corrected chi connectivity index (χ0v) is 10.1. The van der Waals surface area contributed by atoms with Crippen LogP contribution in [0.1, 0.15) is 6.92 Å². The van der Waals surface area contributed by atoms with Gasteiger partial charge in [-0.05, 0) is 6.92 Å². The van der Waals surface area contributed by atoms with Gasteiger partial charge in [0.25, 0.3) is 0 Å². The molecule has 1 amide bonds. The zero-order valence-electron chi connectivity index (χ0n) is 10.1. The van der Waals surface area contributed by atoms with E-state index >= 15 is 0 Å². The monoisotopic (exact) mass is 258 g/mol. The first-order valence-corrected chi connectivity index (χ1v) is 5.22. The van der Waals surface area contributed by atoms with Crippen LogP contribution in [0.25, 0.3) is 0 Å². The molecule has 0 bridgehead atoms. The van der Waals surface area contributed by atoms with Crippen LogP contribution in [0.3, 0.4) is 0 Å². The molecule has 0 atom stereocenters. The van der Waals surface area contributed by atoms with Gasteiger partial charge in [-0.1, -0.05) is 0 Å². The number of aliphatic hydroxyl groups excluding tert-OH is 1. The van der Waals surface area contributed by atoms with Crippen molar-refractivity contribution in [3.8, 4) is 0 Å². The predicted octanol–water partition coefficient (Wildman–Crippen LogP) is -1.12. The molecule has 0 aromatic carbocycles. The molecule has 0 unspecified atom stereocenters. The van der Waals surface area contributed by atoms with Gasteiger partial charge in [0.2, 0.25) is 0 Å². The highest BCUT2D eigenvalue weighted by Gasteiger charge is 2.34. The molecule has 18 heavy (non-hydrogen) atoms. The average Bonchev–Trinajstić information content (AvgIpc) is 2.63. The number of ether oxygens (including phenoxy) is 2. The molecular weight excluding hydrogens is 244 g/mol. The Morgan fingerprint density at radius 1 is 1.50 bits per heavy atom. The van der Waals surface area contributed by atoms with Crippen molar-refractivity contribution in [2.75, 3.05) is 26.8 Å². The van der Waals surface area contributed by atoms with E-state index < -0.39 is 23.6 Å². The maximum absolute atomic E-state index is 11.5. The maximum atomic E-state index is 11.5. The quantitative estimate of drug-likeness (QED) is 0.602. The molecule has 8 nitrogen and oxygen atoms in total. The summed E-state index contributed by atoms with van der Waals surface area (Å²) in [7, 11) is 1.14. The lowest BCUT2D eigenvalue weighted by Crippen LogP contribution is -2.43. The zero-order chi connectivity index (χ0) is 13.7. The molecular formula is C10H14N2O6. The number of carbonyl (C=O) groups excluding carboxylic acids is 3. The van der Waals surface area contributed by atoms with E-state index in [0.717, 1.165) is 12.1 Å². The predicted molar refractivity (Wildman–Crippen MR) is 58.0 cm³/mol. The van der Waals surface area contributed by atoms with Gasteiger partial charge in [-0.3, -0.25) is 14.6 Å². The summed E-state index contributed by atoms with van der Waals surface area (Å²) in [5.41, 5.74) is 2.30. The molecule has 1 rings (SSSR count). The molecule has 0 aromatic rings. The van der Waals surface area contributed by atoms with Crippen molar-refractivity contribution in [2.24, 2.45) is 0 Å². The summed E-state index contributed by atoms with van der Waals surface area (Å²) in [5, 5.41) is 10.4. The van der Waals surface area contributed by atoms with E-state index in [-0.39, 0.29) is 25.3 Å². The molecule has 0 saturated carbocycles. The summed E-state index contributed by atoms with van der Waals surface area (Å²) in [4.78, 5) is 33.8. The van der Waals surface area contributed by atoms with Crippen molar-refractivity contribution in [2.45, 2.75) is 6.92 Å². The van der Waals surface area contributed by atoms with Gasteiger partial charge in [-0.25, -0.2) is 10.2 Å². The first kappa shape index (κ1) is 14.0. The van der Waals surface area contributed by atoms with Crippen molar-refractivity contribution < 1.29 is 29.0 Å². The number of hydrazine groups is 1. The van der Waals surface area contributed by atoms with Crippen LogP contribution < -0.4 is 5.43 Å². The van der Waals surface area contributed by atoms with Crippen LogP contribution >= 0.6 is 0 Å². The summed E-state index contributed by atoms with van der Waals surface area (Å²) in [6.45, 7) is 1.48. The van der Waals surface area contributed by atoms with Gasteiger partial charge >= 0.3 is 17.8 Å². The summed E-state index contributed by atoms with van der Waals surface area (Å²) in [6, 6.07) is 0. The largest absolute Gasteiger partial charge is 0.503 e. The molecule has 1 aliphatic heterocycles. The fourth-order valence-corrected chi connectivity index (χ4v) is 1.35. The SMILES string of the molecule is CCOC(=O)CNN1CC(C(=O)OC)=C(O)C1=O. The van der Waals surface area contributed by atoms with Crippen LogP contribution in [0.2, 0.25) is 0 Å². The lowest BCUT2D eigenvalue weighted by molar-refractivity contribution is -0.144. The van der Waals surface area contributed by atoms with Gasteiger partial charge in [0.15, 0.2) is 5.76 Å². The molecule has 0 saturated heterocycles. The second-order valence-electron chi connectivity index (χ2n) is 3.35. The average molecular weight is 258 g/mol. The highest BCUT2D eigenvalue weighted by molar-refractivity contribution is 6.04. The Bertz CT molecular complexity index is 403. The second kappa shape index (κ2) is 6.01. The van der Waals surface area contributed by atoms with Gasteiger partial charge in [-0.2, -0.15) is 0 Å². The van der Waals surface area contributed by atoms with E-state index in [1.807, 2.05) is 0 Å². The normalized spacial score (nSPS) is 15.0. The van der Waals surface area contributed by atoms with E-state index in [2.05, 4.69) is 14.9 Å². The van der Waals surface area contributed by atoms with Crippen LogP contribution in [-0.2, 0) is 23.9 Å². The van der Waals surface area contributed by atoms with Crippen LogP contribution in [0.4, 0.5) is 0 Å². The molecule has 0 aliphatic carbocycles. The molecule has 1 aliphatic rings. The van der Waals surface area contributed by atoms with E-state index in [0.29, 0.717) is 0 Å². The number of rotatable bonds is 5. The number of amides is 1. The third-order valence-corrected chi connectivity index (χ3v) is 2.20. The Hall–Kier alpha value is -2.09. The van der Waals surface area contributed by atoms with Crippen LogP contribution in [0, 0.1) is 0 Å². The minimum absolute atomic E-state index is 0.154. The number of methoxy groups -OCH3 is 1. The third kappa shape index (κ3) is 2.98. The van der Waals surface area contributed by atoms with E-state index in [9.17, 15) is 19.5 Å². The van der Waals surface area contributed by atoms with Gasteiger partial charge in [0, 0.05) is 0 Å². The Kier molecular flexibility index (Phi) is 4.67. The molecule has 1 heterocycles. The fourth-order valence-electron chi connectivity index (χ4n) is 1.35. The second-order valence-corrected chi connectivity index (χ2v) is 3.35. The van der Waals surface area contributed by atoms with Crippen LogP contribution in [-0.4, -0.2) is 54.8 Å². The first-order valence-electron chi connectivity index (χ1n) is 5.22. The van der Waals surface area contributed by atoms with Gasteiger partial charge in [0.05, 0.1) is 20.3 Å². The molecule has 0 fully saturated rings. The molecule has 2 N–H and O–H groups in total. The highest BCUT2D eigenvalue weighted by Crippen LogP contribution is 2.16. The number of aliphatic hydroxyl groups is 1. The number of nitrogens with one attached hydrogen (secondary N) is 1. The van der Waals surface area contributed by atoms with Crippen molar-refractivity contribution in [3.63, 3.8) is 0 Å². The third-order valence-electron chi connectivity index (χ3n) is 2.20. The Balaban J connectivity index is 2.56. The van der Waals surface area contributed by atoms with Gasteiger partial charge in [-0.15, -0.1) is 0 Å². The Morgan fingerprint density at radius 3 is 2.72 bits per heavy atom. The van der Waals surface area contributed by atoms with Crippen LogP contribution in [0.15, 0.2) is 11.3 Å². The lowest BCUT2D eigenvalue weighted by Gasteiger charge is -2.16. The standard InChI is InChI=1S/C10H14N2O6/c1-3-18-7(13)4-11-12-5-6(10(16)17-2)8(14)9(12)15/h11,14H,3-5H2,1-2H3. The molecule has 0 spiro atoms. The Labute approximate surface area is 103 Å². The minimum Gasteiger partial charge on any atom is -0.503 e. The molecule has 8 heteroatoms. The highest BCUT2D eigenvalue weighted by atomic mass is 16.5. The van der Waals surface area contributed by atoms with Crippen molar-refractivity contribution >= 4 is 17.8 Å². The summed E-state index contributed by atoms with van der Waals surface area (Å²) >= 11 is 0. The van der Waals surface area contributed by atoms with Crippen LogP contribution in [0.5, 0.6) is 0 Å². The molecule has 100 valence electrons. The first-order chi connectivity index (χ1) is 8.51. The fraction of sp³-hybridized carbons (Fsp3) is 0.500. The van der Waals surface area contributed by atoms with E-state index in [1.165, 1.54) is 0 Å². The number of nitrogens with zero attached hydrogens (tertiary/aromatic N) is 1. The number of carbonyl (C=O) groups is 3. The topological polar surface area (TPSA) is 105 Å². The smallest absolute Gasteiger partial charge is 0.339 e. The number of esters is 2. The number of hydrogen-bond acceptors (Lipinski definition) is 7. The lowest BCUT2D eigenvalue weighted by atomic mass is 10.3. The molecule has 0 radical (unpaired) electrons. The van der Waals surface area contributed by atoms with Gasteiger partial charge in [0.1, 0.15) is 12.1 Å². The van der Waals surface area contributed by atoms with E-state index in [1.54, 1.807) is 6.92 Å². The summed E-state index contributed by atoms with van der Waals surface area (Å²) in [5.74, 6) is -2.81. The summed E-state index contributed by atoms with van der Waals surface area (Å²) < 4.78 is 9.06. The van der Waals surface area contributed by atoms with E-state index in [4.69, 9.17) is 0 Å². The Morgan fingerprint density at radius 2 is 2.17 bits per heavy atom. The minimum atomic E-state index is -0.792. The van der Waals surface area contributed by atoms with Crippen molar-refractivity contribution in [3.05, 3.63) is 11.3 Å². The van der Waals surface area contributed by atoms with Crippen molar-refractivity contribution in [1.82, 2.24) is 10.4 Å². The number of hydrogen-bond donors (Lipinski definition) is 2. The van der Waals surface area contributed by atoms with Crippen molar-refractivity contribution in [1.29, 1.82) is 0 Å². The molecule has 0 aromatic heterocycles. The van der Waals surface area contributed by atoms with Gasteiger partial charge < -0.3 is 14.6 Å². The summed E-state index contributed by atoms with van der Waals surface area (Å²) in [6.07, 6.45) is 0.